The number of carbonyl (C=O) groups excluding carboxylic acids is 1. The molecular weight excluding hydrogens is 266 g/mol. The third kappa shape index (κ3) is 2.97. The molecule has 1 fully saturated rings. The summed E-state index contributed by atoms with van der Waals surface area (Å²) in [5.74, 6) is -0.138. The van der Waals surface area contributed by atoms with E-state index in [1.165, 1.54) is 19.0 Å². The highest BCUT2D eigenvalue weighted by molar-refractivity contribution is 6.06. The van der Waals surface area contributed by atoms with Crippen molar-refractivity contribution in [2.75, 3.05) is 13.1 Å². The number of amides is 1. The Morgan fingerprint density at radius 1 is 1.29 bits per heavy atom. The van der Waals surface area contributed by atoms with Crippen LogP contribution in [0, 0.1) is 0 Å². The summed E-state index contributed by atoms with van der Waals surface area (Å²) in [6.45, 7) is 1.72. The minimum absolute atomic E-state index is 0.138. The summed E-state index contributed by atoms with van der Waals surface area (Å²) in [5.41, 5.74) is 0.349. The van der Waals surface area contributed by atoms with Crippen LogP contribution in [0.4, 0.5) is 0 Å². The zero-order chi connectivity index (χ0) is 14.7. The molecule has 3 rings (SSSR count). The van der Waals surface area contributed by atoms with Crippen molar-refractivity contribution in [2.45, 2.75) is 25.3 Å². The lowest BCUT2D eigenvalue weighted by Gasteiger charge is -2.11. The number of H-pyrrole nitrogens is 1. The second-order valence-corrected chi connectivity index (χ2v) is 5.41. The van der Waals surface area contributed by atoms with Crippen molar-refractivity contribution in [2.24, 2.45) is 0 Å². The van der Waals surface area contributed by atoms with E-state index in [0.717, 1.165) is 13.0 Å². The Balaban J connectivity index is 1.72. The summed E-state index contributed by atoms with van der Waals surface area (Å²) in [5, 5.41) is 7.58. The second-order valence-electron chi connectivity index (χ2n) is 5.41. The lowest BCUT2D eigenvalue weighted by atomic mass is 10.1. The second kappa shape index (κ2) is 6.10. The minimum atomic E-state index is -0.169. The fraction of sp³-hybridized carbons (Fsp3) is 0.375. The Labute approximate surface area is 122 Å². The summed E-state index contributed by atoms with van der Waals surface area (Å²) < 4.78 is 0. The van der Waals surface area contributed by atoms with Crippen LogP contribution in [-0.2, 0) is 0 Å². The number of nitrogens with one attached hydrogen (secondary N) is 3. The van der Waals surface area contributed by atoms with E-state index in [-0.39, 0.29) is 11.5 Å². The fourth-order valence-electron chi connectivity index (χ4n) is 2.86. The highest BCUT2D eigenvalue weighted by Crippen LogP contribution is 2.14. The van der Waals surface area contributed by atoms with Crippen LogP contribution in [-0.4, -0.2) is 30.0 Å². The van der Waals surface area contributed by atoms with Gasteiger partial charge in [0.05, 0.1) is 5.56 Å². The maximum absolute atomic E-state index is 12.3. The predicted molar refractivity (Wildman–Crippen MR) is 82.5 cm³/mol. The van der Waals surface area contributed by atoms with Gasteiger partial charge in [0.15, 0.2) is 0 Å². The number of rotatable bonds is 4. The van der Waals surface area contributed by atoms with E-state index < -0.39 is 0 Å². The molecule has 1 aromatic heterocycles. The normalized spacial score (nSPS) is 18.0. The van der Waals surface area contributed by atoms with E-state index in [1.807, 2.05) is 6.07 Å². The average Bonchev–Trinajstić information content (AvgIpc) is 3.01. The van der Waals surface area contributed by atoms with Gasteiger partial charge in [-0.25, -0.2) is 0 Å². The lowest BCUT2D eigenvalue weighted by molar-refractivity contribution is 0.0953. The third-order valence-electron chi connectivity index (χ3n) is 3.99. The number of carbonyl (C=O) groups is 1. The van der Waals surface area contributed by atoms with E-state index in [4.69, 9.17) is 0 Å². The van der Waals surface area contributed by atoms with Crippen molar-refractivity contribution in [1.82, 2.24) is 15.6 Å². The van der Waals surface area contributed by atoms with Gasteiger partial charge in [-0.2, -0.15) is 0 Å². The summed E-state index contributed by atoms with van der Waals surface area (Å²) in [6, 6.07) is 7.68. The molecule has 1 aliphatic heterocycles. The van der Waals surface area contributed by atoms with Crippen LogP contribution in [0.3, 0.4) is 0 Å². The molecule has 1 amide bonds. The van der Waals surface area contributed by atoms with Crippen LogP contribution < -0.4 is 16.2 Å². The molecule has 1 aromatic carbocycles. The van der Waals surface area contributed by atoms with Gasteiger partial charge >= 0.3 is 0 Å². The molecule has 0 radical (unpaired) electrons. The van der Waals surface area contributed by atoms with Gasteiger partial charge in [-0.1, -0.05) is 18.2 Å². The van der Waals surface area contributed by atoms with Gasteiger partial charge in [0, 0.05) is 29.6 Å². The zero-order valence-corrected chi connectivity index (χ0v) is 11.8. The van der Waals surface area contributed by atoms with Gasteiger partial charge in [0.25, 0.3) is 11.5 Å². The van der Waals surface area contributed by atoms with E-state index in [2.05, 4.69) is 15.6 Å². The summed E-state index contributed by atoms with van der Waals surface area (Å²) >= 11 is 0. The van der Waals surface area contributed by atoms with Crippen LogP contribution >= 0.6 is 0 Å². The molecule has 1 aliphatic rings. The van der Waals surface area contributed by atoms with E-state index >= 15 is 0 Å². The average molecular weight is 285 g/mol. The molecule has 1 saturated heterocycles. The molecule has 2 aromatic rings. The summed E-state index contributed by atoms with van der Waals surface area (Å²) in [4.78, 5) is 26.7. The first-order valence-electron chi connectivity index (χ1n) is 7.38. The molecule has 0 unspecified atom stereocenters. The number of fused-ring (bicyclic) bond motifs is 1. The van der Waals surface area contributed by atoms with Gasteiger partial charge in [-0.05, 0) is 31.9 Å². The number of aromatic amines is 1. The highest BCUT2D eigenvalue weighted by atomic mass is 16.1. The van der Waals surface area contributed by atoms with Crippen molar-refractivity contribution < 1.29 is 4.79 Å². The molecule has 0 bridgehead atoms. The molecule has 2 heterocycles. The molecule has 5 nitrogen and oxygen atoms in total. The summed E-state index contributed by atoms with van der Waals surface area (Å²) in [7, 11) is 0. The number of hydrogen-bond donors (Lipinski definition) is 3. The van der Waals surface area contributed by atoms with Crippen molar-refractivity contribution in [3.8, 4) is 0 Å². The lowest BCUT2D eigenvalue weighted by Crippen LogP contribution is -2.31. The maximum Gasteiger partial charge on any atom is 0.255 e. The Kier molecular flexibility index (Phi) is 4.01. The molecule has 3 N–H and O–H groups in total. The quantitative estimate of drug-likeness (QED) is 0.795. The topological polar surface area (TPSA) is 74.0 Å². The van der Waals surface area contributed by atoms with Gasteiger partial charge in [-0.3, -0.25) is 9.59 Å². The van der Waals surface area contributed by atoms with Crippen LogP contribution in [0.2, 0.25) is 0 Å². The largest absolute Gasteiger partial charge is 0.352 e. The highest BCUT2D eigenvalue weighted by Gasteiger charge is 2.15. The third-order valence-corrected chi connectivity index (χ3v) is 3.99. The first-order chi connectivity index (χ1) is 10.3. The van der Waals surface area contributed by atoms with Crippen LogP contribution in [0.5, 0.6) is 0 Å². The first kappa shape index (κ1) is 13.8. The van der Waals surface area contributed by atoms with Gasteiger partial charge in [0.1, 0.15) is 0 Å². The number of hydrogen-bond acceptors (Lipinski definition) is 3. The fourth-order valence-corrected chi connectivity index (χ4v) is 2.86. The van der Waals surface area contributed by atoms with Crippen molar-refractivity contribution in [3.05, 3.63) is 46.4 Å². The Bertz CT molecular complexity index is 702. The van der Waals surface area contributed by atoms with Crippen LogP contribution in [0.25, 0.3) is 10.8 Å². The van der Waals surface area contributed by atoms with Crippen molar-refractivity contribution >= 4 is 16.7 Å². The van der Waals surface area contributed by atoms with Crippen LogP contribution in [0.1, 0.15) is 29.6 Å². The zero-order valence-electron chi connectivity index (χ0n) is 11.8. The smallest absolute Gasteiger partial charge is 0.255 e. The van der Waals surface area contributed by atoms with Crippen molar-refractivity contribution in [3.63, 3.8) is 0 Å². The number of aromatic nitrogens is 1. The molecule has 0 aliphatic carbocycles. The molecule has 1 atom stereocenters. The van der Waals surface area contributed by atoms with Crippen LogP contribution in [0.15, 0.2) is 35.3 Å². The Morgan fingerprint density at radius 3 is 2.86 bits per heavy atom. The Morgan fingerprint density at radius 2 is 2.10 bits per heavy atom. The number of benzene rings is 1. The molecule has 0 saturated carbocycles. The van der Waals surface area contributed by atoms with Gasteiger partial charge < -0.3 is 15.6 Å². The standard InChI is InChI=1S/C16H19N3O2/c20-15-13-6-2-1-5-12(13)14(10-19-15)16(21)18-9-7-11-4-3-8-17-11/h1-2,5-6,10-11,17H,3-4,7-9H2,(H,18,21)(H,19,20)/t11-/m0/s1. The van der Waals surface area contributed by atoms with E-state index in [0.29, 0.717) is 28.9 Å². The maximum atomic E-state index is 12.3. The SMILES string of the molecule is O=C(NCC[C@@H]1CCCN1)c1c[nH]c(=O)c2ccccc12. The number of pyridine rings is 1. The van der Waals surface area contributed by atoms with E-state index in [9.17, 15) is 9.59 Å². The molecule has 21 heavy (non-hydrogen) atoms. The monoisotopic (exact) mass is 285 g/mol. The molecular formula is C16H19N3O2. The van der Waals surface area contributed by atoms with Gasteiger partial charge in [0.2, 0.25) is 0 Å². The summed E-state index contributed by atoms with van der Waals surface area (Å²) in [6.07, 6.45) is 4.82. The van der Waals surface area contributed by atoms with Crippen molar-refractivity contribution in [1.29, 1.82) is 0 Å². The minimum Gasteiger partial charge on any atom is -0.352 e. The first-order valence-corrected chi connectivity index (χ1v) is 7.38. The van der Waals surface area contributed by atoms with Gasteiger partial charge in [-0.15, -0.1) is 0 Å². The molecule has 0 spiro atoms. The van der Waals surface area contributed by atoms with E-state index in [1.54, 1.807) is 18.2 Å². The Hall–Kier alpha value is -2.14. The molecule has 5 heteroatoms. The molecule has 110 valence electrons. The predicted octanol–water partition coefficient (Wildman–Crippen LogP) is 1.40.